The maximum atomic E-state index is 12.4. The number of rotatable bonds is 2. The Labute approximate surface area is 117 Å². The number of likely N-dealkylation sites (tertiary alicyclic amines) is 1. The van der Waals surface area contributed by atoms with Crippen LogP contribution in [0.25, 0.3) is 0 Å². The predicted octanol–water partition coefficient (Wildman–Crippen LogP) is 0.901. The SMILES string of the molecule is CC1CCN(C(=O)c2csc(C#CCN)c2)C1CO. The van der Waals surface area contributed by atoms with E-state index in [1.807, 2.05) is 5.38 Å². The molecule has 1 aliphatic rings. The zero-order chi connectivity index (χ0) is 13.8. The molecule has 1 aliphatic heterocycles. The summed E-state index contributed by atoms with van der Waals surface area (Å²) >= 11 is 1.45. The van der Waals surface area contributed by atoms with Crippen LogP contribution < -0.4 is 5.73 Å². The van der Waals surface area contributed by atoms with Crippen molar-refractivity contribution in [1.29, 1.82) is 0 Å². The van der Waals surface area contributed by atoms with Gasteiger partial charge in [-0.25, -0.2) is 0 Å². The van der Waals surface area contributed by atoms with Gasteiger partial charge in [-0.05, 0) is 18.4 Å². The van der Waals surface area contributed by atoms with Gasteiger partial charge in [-0.15, -0.1) is 11.3 Å². The van der Waals surface area contributed by atoms with Crippen LogP contribution in [-0.2, 0) is 0 Å². The third-order valence-corrected chi connectivity index (χ3v) is 4.34. The Bertz CT molecular complexity index is 515. The molecule has 2 atom stereocenters. The summed E-state index contributed by atoms with van der Waals surface area (Å²) in [6, 6.07) is 1.73. The number of aliphatic hydroxyl groups excluding tert-OH is 1. The largest absolute Gasteiger partial charge is 0.394 e. The molecule has 4 nitrogen and oxygen atoms in total. The number of carbonyl (C=O) groups is 1. The Balaban J connectivity index is 2.13. The molecular formula is C14H18N2O2S. The number of thiophene rings is 1. The van der Waals surface area contributed by atoms with Crippen LogP contribution in [0.3, 0.4) is 0 Å². The van der Waals surface area contributed by atoms with Crippen LogP contribution in [0.1, 0.15) is 28.6 Å². The Kier molecular flexibility index (Phi) is 4.59. The number of hydrogen-bond acceptors (Lipinski definition) is 4. The van der Waals surface area contributed by atoms with E-state index >= 15 is 0 Å². The van der Waals surface area contributed by atoms with E-state index in [1.165, 1.54) is 11.3 Å². The number of nitrogens with zero attached hydrogens (tertiary/aromatic N) is 1. The fourth-order valence-electron chi connectivity index (χ4n) is 2.36. The molecule has 1 amide bonds. The van der Waals surface area contributed by atoms with Gasteiger partial charge in [0.05, 0.1) is 29.6 Å². The number of hydrogen-bond donors (Lipinski definition) is 2. The van der Waals surface area contributed by atoms with E-state index in [-0.39, 0.29) is 18.6 Å². The third-order valence-electron chi connectivity index (χ3n) is 3.49. The molecule has 0 bridgehead atoms. The summed E-state index contributed by atoms with van der Waals surface area (Å²) in [6.07, 6.45) is 0.945. The van der Waals surface area contributed by atoms with E-state index in [0.717, 1.165) is 11.3 Å². The van der Waals surface area contributed by atoms with Crippen molar-refractivity contribution < 1.29 is 9.90 Å². The summed E-state index contributed by atoms with van der Waals surface area (Å²) in [5.74, 6) is 6.04. The second kappa shape index (κ2) is 6.20. The van der Waals surface area contributed by atoms with Gasteiger partial charge in [0.1, 0.15) is 0 Å². The zero-order valence-electron chi connectivity index (χ0n) is 10.9. The molecule has 19 heavy (non-hydrogen) atoms. The maximum Gasteiger partial charge on any atom is 0.255 e. The highest BCUT2D eigenvalue weighted by molar-refractivity contribution is 7.10. The molecule has 2 heterocycles. The highest BCUT2D eigenvalue weighted by Crippen LogP contribution is 2.26. The molecule has 1 aromatic heterocycles. The lowest BCUT2D eigenvalue weighted by molar-refractivity contribution is 0.0648. The van der Waals surface area contributed by atoms with Gasteiger partial charge >= 0.3 is 0 Å². The van der Waals surface area contributed by atoms with E-state index in [2.05, 4.69) is 18.8 Å². The summed E-state index contributed by atoms with van der Waals surface area (Å²) in [5, 5.41) is 11.2. The van der Waals surface area contributed by atoms with E-state index in [1.54, 1.807) is 11.0 Å². The quantitative estimate of drug-likeness (QED) is 0.790. The van der Waals surface area contributed by atoms with Gasteiger partial charge in [-0.2, -0.15) is 0 Å². The topological polar surface area (TPSA) is 66.6 Å². The molecule has 0 saturated carbocycles. The van der Waals surface area contributed by atoms with Gasteiger partial charge in [0.2, 0.25) is 0 Å². The molecule has 2 rings (SSSR count). The van der Waals surface area contributed by atoms with Crippen molar-refractivity contribution in [1.82, 2.24) is 4.90 Å². The number of carbonyl (C=O) groups excluding carboxylic acids is 1. The van der Waals surface area contributed by atoms with Crippen molar-refractivity contribution in [3.63, 3.8) is 0 Å². The van der Waals surface area contributed by atoms with Crippen LogP contribution in [-0.4, -0.2) is 41.7 Å². The average Bonchev–Trinajstić information content (AvgIpc) is 3.02. The van der Waals surface area contributed by atoms with Crippen LogP contribution in [0.5, 0.6) is 0 Å². The Hall–Kier alpha value is -1.35. The normalized spacial score (nSPS) is 22.2. The Morgan fingerprint density at radius 1 is 1.68 bits per heavy atom. The van der Waals surface area contributed by atoms with E-state index in [4.69, 9.17) is 5.73 Å². The lowest BCUT2D eigenvalue weighted by Gasteiger charge is -2.24. The number of nitrogens with two attached hydrogens (primary N) is 1. The maximum absolute atomic E-state index is 12.4. The minimum Gasteiger partial charge on any atom is -0.394 e. The highest BCUT2D eigenvalue weighted by Gasteiger charge is 2.34. The molecule has 0 aliphatic carbocycles. The molecular weight excluding hydrogens is 260 g/mol. The molecule has 3 N–H and O–H groups in total. The zero-order valence-corrected chi connectivity index (χ0v) is 11.7. The number of aliphatic hydroxyl groups is 1. The van der Waals surface area contributed by atoms with Crippen molar-refractivity contribution >= 4 is 17.2 Å². The summed E-state index contributed by atoms with van der Waals surface area (Å²) in [5.41, 5.74) is 5.97. The standard InChI is InChI=1S/C14H18N2O2S/c1-10-4-6-16(13(10)8-17)14(18)11-7-12(19-9-11)3-2-5-15/h7,9-10,13,17H,4-6,8,15H2,1H3. The van der Waals surface area contributed by atoms with Crippen molar-refractivity contribution in [2.75, 3.05) is 19.7 Å². The minimum atomic E-state index is -0.0639. The van der Waals surface area contributed by atoms with Gasteiger partial charge in [-0.1, -0.05) is 18.8 Å². The minimum absolute atomic E-state index is 0.0135. The number of amides is 1. The van der Waals surface area contributed by atoms with Gasteiger partial charge in [-0.3, -0.25) is 4.79 Å². The van der Waals surface area contributed by atoms with Crippen LogP contribution in [0.15, 0.2) is 11.4 Å². The van der Waals surface area contributed by atoms with E-state index in [9.17, 15) is 9.90 Å². The molecule has 1 aromatic rings. The molecule has 1 fully saturated rings. The van der Waals surface area contributed by atoms with Crippen LogP contribution in [0.4, 0.5) is 0 Å². The van der Waals surface area contributed by atoms with Crippen molar-refractivity contribution in [3.8, 4) is 11.8 Å². The van der Waals surface area contributed by atoms with E-state index in [0.29, 0.717) is 24.6 Å². The van der Waals surface area contributed by atoms with E-state index < -0.39 is 0 Å². The lowest BCUT2D eigenvalue weighted by Crippen LogP contribution is -2.39. The van der Waals surface area contributed by atoms with Gasteiger partial charge in [0.25, 0.3) is 5.91 Å². The molecule has 0 radical (unpaired) electrons. The summed E-state index contributed by atoms with van der Waals surface area (Å²) in [7, 11) is 0. The first-order valence-electron chi connectivity index (χ1n) is 6.36. The molecule has 2 unspecified atom stereocenters. The van der Waals surface area contributed by atoms with Gasteiger partial charge < -0.3 is 15.7 Å². The summed E-state index contributed by atoms with van der Waals surface area (Å²) < 4.78 is 0. The van der Waals surface area contributed by atoms with Crippen LogP contribution in [0, 0.1) is 17.8 Å². The fraction of sp³-hybridized carbons (Fsp3) is 0.500. The van der Waals surface area contributed by atoms with Crippen LogP contribution >= 0.6 is 11.3 Å². The second-order valence-corrected chi connectivity index (χ2v) is 5.63. The van der Waals surface area contributed by atoms with Gasteiger partial charge in [0.15, 0.2) is 0 Å². The highest BCUT2D eigenvalue weighted by atomic mass is 32.1. The summed E-state index contributed by atoms with van der Waals surface area (Å²) in [6.45, 7) is 3.12. The summed E-state index contributed by atoms with van der Waals surface area (Å²) in [4.78, 5) is 15.0. The molecule has 5 heteroatoms. The molecule has 102 valence electrons. The van der Waals surface area contributed by atoms with Crippen molar-refractivity contribution in [3.05, 3.63) is 21.9 Å². The molecule has 0 aromatic carbocycles. The van der Waals surface area contributed by atoms with Crippen molar-refractivity contribution in [2.45, 2.75) is 19.4 Å². The average molecular weight is 278 g/mol. The Morgan fingerprint density at radius 2 is 2.47 bits per heavy atom. The first-order chi connectivity index (χ1) is 9.17. The second-order valence-electron chi connectivity index (χ2n) is 4.72. The first-order valence-corrected chi connectivity index (χ1v) is 7.24. The monoisotopic (exact) mass is 278 g/mol. The predicted molar refractivity (Wildman–Crippen MR) is 75.9 cm³/mol. The molecule has 1 saturated heterocycles. The van der Waals surface area contributed by atoms with Crippen LogP contribution in [0.2, 0.25) is 0 Å². The fourth-order valence-corrected chi connectivity index (χ4v) is 3.11. The first kappa shape index (κ1) is 14.1. The van der Waals surface area contributed by atoms with Gasteiger partial charge in [0, 0.05) is 11.9 Å². The smallest absolute Gasteiger partial charge is 0.255 e. The lowest BCUT2D eigenvalue weighted by atomic mass is 10.0. The third kappa shape index (κ3) is 2.98. The van der Waals surface area contributed by atoms with Crippen molar-refractivity contribution in [2.24, 2.45) is 11.7 Å². The Morgan fingerprint density at radius 3 is 3.16 bits per heavy atom. The molecule has 0 spiro atoms.